The number of nitrogens with zero attached hydrogens (tertiary/aromatic N) is 3. The van der Waals surface area contributed by atoms with Crippen molar-refractivity contribution in [3.8, 4) is 5.69 Å². The minimum atomic E-state index is 0.0959. The average Bonchev–Trinajstić information content (AvgIpc) is 3.23. The van der Waals surface area contributed by atoms with Crippen molar-refractivity contribution in [3.63, 3.8) is 0 Å². The summed E-state index contributed by atoms with van der Waals surface area (Å²) in [7, 11) is 0. The molecule has 132 valence electrons. The molecule has 1 spiro atoms. The molecule has 1 amide bonds. The topological polar surface area (TPSA) is 50.2 Å². The predicted octanol–water partition coefficient (Wildman–Crippen LogP) is 3.05. The van der Waals surface area contributed by atoms with Gasteiger partial charge in [0.2, 0.25) is 0 Å². The van der Waals surface area contributed by atoms with Gasteiger partial charge in [-0.15, -0.1) is 0 Å². The number of halogens is 1. The third kappa shape index (κ3) is 3.07. The SMILES string of the molecule is Cc1c(C(=O)N2CCC3(CCNC3)CC2)cnn1-c1ccc(Cl)cc1. The van der Waals surface area contributed by atoms with Crippen molar-refractivity contribution in [2.45, 2.75) is 26.2 Å². The first-order valence-electron chi connectivity index (χ1n) is 8.89. The van der Waals surface area contributed by atoms with Crippen molar-refractivity contribution in [1.82, 2.24) is 20.0 Å². The number of hydrogen-bond acceptors (Lipinski definition) is 3. The monoisotopic (exact) mass is 358 g/mol. The molecule has 0 saturated carbocycles. The Kier molecular flexibility index (Phi) is 4.29. The summed E-state index contributed by atoms with van der Waals surface area (Å²) in [5.74, 6) is 0.0959. The Morgan fingerprint density at radius 1 is 1.20 bits per heavy atom. The fourth-order valence-electron chi connectivity index (χ4n) is 4.04. The van der Waals surface area contributed by atoms with Crippen LogP contribution in [0.2, 0.25) is 5.02 Å². The first-order chi connectivity index (χ1) is 12.1. The Balaban J connectivity index is 1.50. The fourth-order valence-corrected chi connectivity index (χ4v) is 4.16. The molecule has 0 radical (unpaired) electrons. The van der Waals surface area contributed by atoms with E-state index < -0.39 is 0 Å². The largest absolute Gasteiger partial charge is 0.338 e. The zero-order valence-electron chi connectivity index (χ0n) is 14.5. The molecule has 1 N–H and O–H groups in total. The Morgan fingerprint density at radius 3 is 2.56 bits per heavy atom. The summed E-state index contributed by atoms with van der Waals surface area (Å²) in [5, 5.41) is 8.57. The second-order valence-corrected chi connectivity index (χ2v) is 7.69. The van der Waals surface area contributed by atoms with E-state index in [1.54, 1.807) is 10.9 Å². The number of amides is 1. The van der Waals surface area contributed by atoms with Crippen molar-refractivity contribution < 1.29 is 4.79 Å². The molecule has 2 aliphatic rings. The first kappa shape index (κ1) is 16.6. The predicted molar refractivity (Wildman–Crippen MR) is 98.4 cm³/mol. The molecule has 6 heteroatoms. The molecule has 0 atom stereocenters. The zero-order chi connectivity index (χ0) is 17.4. The van der Waals surface area contributed by atoms with Crippen LogP contribution in [-0.2, 0) is 0 Å². The van der Waals surface area contributed by atoms with E-state index in [4.69, 9.17) is 11.6 Å². The quantitative estimate of drug-likeness (QED) is 0.897. The van der Waals surface area contributed by atoms with E-state index in [1.807, 2.05) is 36.1 Å². The Labute approximate surface area is 153 Å². The van der Waals surface area contributed by atoms with Gasteiger partial charge in [0.05, 0.1) is 23.1 Å². The van der Waals surface area contributed by atoms with Crippen LogP contribution in [0.1, 0.15) is 35.3 Å². The molecule has 1 aromatic carbocycles. The molecule has 1 aromatic heterocycles. The van der Waals surface area contributed by atoms with Gasteiger partial charge in [-0.1, -0.05) is 11.6 Å². The van der Waals surface area contributed by atoms with Crippen LogP contribution in [0.5, 0.6) is 0 Å². The lowest BCUT2D eigenvalue weighted by Crippen LogP contribution is -2.44. The fraction of sp³-hybridized carbons (Fsp3) is 0.474. The van der Waals surface area contributed by atoms with E-state index in [-0.39, 0.29) is 5.91 Å². The summed E-state index contributed by atoms with van der Waals surface area (Å²) in [6.45, 7) is 5.84. The molecule has 0 aliphatic carbocycles. The van der Waals surface area contributed by atoms with Crippen molar-refractivity contribution >= 4 is 17.5 Å². The van der Waals surface area contributed by atoms with Crippen molar-refractivity contribution in [2.24, 2.45) is 5.41 Å². The van der Waals surface area contributed by atoms with E-state index in [9.17, 15) is 4.79 Å². The Morgan fingerprint density at radius 2 is 1.92 bits per heavy atom. The van der Waals surface area contributed by atoms with Crippen molar-refractivity contribution in [3.05, 3.63) is 46.7 Å². The summed E-state index contributed by atoms with van der Waals surface area (Å²) < 4.78 is 1.80. The number of carbonyl (C=O) groups is 1. The maximum absolute atomic E-state index is 13.0. The molecule has 2 aliphatic heterocycles. The summed E-state index contributed by atoms with van der Waals surface area (Å²) >= 11 is 5.95. The average molecular weight is 359 g/mol. The van der Waals surface area contributed by atoms with Crippen LogP contribution < -0.4 is 5.32 Å². The summed E-state index contributed by atoms with van der Waals surface area (Å²) in [6.07, 6.45) is 5.11. The van der Waals surface area contributed by atoms with E-state index in [1.165, 1.54) is 6.42 Å². The van der Waals surface area contributed by atoms with Gasteiger partial charge in [-0.2, -0.15) is 5.10 Å². The maximum atomic E-state index is 13.0. The molecule has 4 rings (SSSR count). The third-order valence-corrected chi connectivity index (χ3v) is 6.01. The number of hydrogen-bond donors (Lipinski definition) is 1. The lowest BCUT2D eigenvalue weighted by molar-refractivity contribution is 0.0607. The van der Waals surface area contributed by atoms with E-state index in [2.05, 4.69) is 10.4 Å². The molecule has 2 saturated heterocycles. The highest BCUT2D eigenvalue weighted by molar-refractivity contribution is 6.30. The molecular formula is C19H23ClN4O. The van der Waals surface area contributed by atoms with Gasteiger partial charge in [0.1, 0.15) is 0 Å². The third-order valence-electron chi connectivity index (χ3n) is 5.75. The molecule has 2 aromatic rings. The normalized spacial score (nSPS) is 19.5. The zero-order valence-corrected chi connectivity index (χ0v) is 15.2. The standard InChI is InChI=1S/C19H23ClN4O/c1-14-17(12-22-24(14)16-4-2-15(20)3-5-16)18(25)23-10-7-19(8-11-23)6-9-21-13-19/h2-5,12,21H,6-11,13H2,1H3. The van der Waals surface area contributed by atoms with Crippen LogP contribution in [0.25, 0.3) is 5.69 Å². The minimum absolute atomic E-state index is 0.0959. The number of likely N-dealkylation sites (tertiary alicyclic amines) is 1. The second kappa shape index (κ2) is 6.46. The second-order valence-electron chi connectivity index (χ2n) is 7.25. The van der Waals surface area contributed by atoms with E-state index in [0.29, 0.717) is 16.0 Å². The minimum Gasteiger partial charge on any atom is -0.338 e. The molecular weight excluding hydrogens is 336 g/mol. The van der Waals surface area contributed by atoms with Crippen LogP contribution in [0.3, 0.4) is 0 Å². The molecule has 2 fully saturated rings. The number of aromatic nitrogens is 2. The Hall–Kier alpha value is -1.85. The number of piperidine rings is 1. The highest BCUT2D eigenvalue weighted by Crippen LogP contribution is 2.37. The van der Waals surface area contributed by atoms with Gasteiger partial charge in [-0.3, -0.25) is 4.79 Å². The molecule has 0 bridgehead atoms. The number of benzene rings is 1. The highest BCUT2D eigenvalue weighted by Gasteiger charge is 2.38. The Bertz CT molecular complexity index is 767. The van der Waals surface area contributed by atoms with Crippen LogP contribution >= 0.6 is 11.6 Å². The smallest absolute Gasteiger partial charge is 0.257 e. The number of carbonyl (C=O) groups excluding carboxylic acids is 1. The highest BCUT2D eigenvalue weighted by atomic mass is 35.5. The van der Waals surface area contributed by atoms with Gasteiger partial charge >= 0.3 is 0 Å². The van der Waals surface area contributed by atoms with Gasteiger partial charge < -0.3 is 10.2 Å². The van der Waals surface area contributed by atoms with Gasteiger partial charge in [0.15, 0.2) is 0 Å². The summed E-state index contributed by atoms with van der Waals surface area (Å²) in [6, 6.07) is 7.49. The lowest BCUT2D eigenvalue weighted by Gasteiger charge is -2.38. The van der Waals surface area contributed by atoms with Crippen LogP contribution in [-0.4, -0.2) is 46.8 Å². The van der Waals surface area contributed by atoms with Gasteiger partial charge in [-0.05, 0) is 62.4 Å². The van der Waals surface area contributed by atoms with Gasteiger partial charge in [0, 0.05) is 24.7 Å². The van der Waals surface area contributed by atoms with E-state index >= 15 is 0 Å². The molecule has 5 nitrogen and oxygen atoms in total. The number of rotatable bonds is 2. The van der Waals surface area contributed by atoms with Gasteiger partial charge in [0.25, 0.3) is 5.91 Å². The first-order valence-corrected chi connectivity index (χ1v) is 9.26. The van der Waals surface area contributed by atoms with Crippen LogP contribution in [0.15, 0.2) is 30.5 Å². The van der Waals surface area contributed by atoms with Crippen LogP contribution in [0.4, 0.5) is 0 Å². The summed E-state index contributed by atoms with van der Waals surface area (Å²) in [4.78, 5) is 14.9. The van der Waals surface area contributed by atoms with Crippen molar-refractivity contribution in [1.29, 1.82) is 0 Å². The lowest BCUT2D eigenvalue weighted by atomic mass is 9.78. The van der Waals surface area contributed by atoms with Gasteiger partial charge in [-0.25, -0.2) is 4.68 Å². The molecule has 3 heterocycles. The summed E-state index contributed by atoms with van der Waals surface area (Å²) in [5.41, 5.74) is 2.89. The molecule has 0 unspecified atom stereocenters. The maximum Gasteiger partial charge on any atom is 0.257 e. The van der Waals surface area contributed by atoms with Crippen molar-refractivity contribution in [2.75, 3.05) is 26.2 Å². The number of nitrogens with one attached hydrogen (secondary N) is 1. The van der Waals surface area contributed by atoms with Crippen LogP contribution in [0, 0.1) is 12.3 Å². The van der Waals surface area contributed by atoms with E-state index in [0.717, 1.165) is 50.4 Å². The molecule has 25 heavy (non-hydrogen) atoms.